The SMILES string of the molecule is O=C(NCc1ccc(Cl)cc1Cl)c1ccc2c(c1)NC(=O)[C@@H]1CCCN21. The van der Waals surface area contributed by atoms with Crippen LogP contribution in [0.4, 0.5) is 11.4 Å². The molecule has 0 aromatic heterocycles. The average Bonchev–Trinajstić information content (AvgIpc) is 3.11. The summed E-state index contributed by atoms with van der Waals surface area (Å²) < 4.78 is 0. The fourth-order valence-corrected chi connectivity index (χ4v) is 3.99. The summed E-state index contributed by atoms with van der Waals surface area (Å²) in [5.74, 6) is -0.225. The summed E-state index contributed by atoms with van der Waals surface area (Å²) in [5, 5.41) is 6.83. The lowest BCUT2D eigenvalue weighted by atomic mass is 10.1. The Kier molecular flexibility index (Phi) is 4.51. The zero-order valence-electron chi connectivity index (χ0n) is 13.9. The van der Waals surface area contributed by atoms with E-state index in [4.69, 9.17) is 23.2 Å². The van der Waals surface area contributed by atoms with Crippen LogP contribution in [0.3, 0.4) is 0 Å². The third kappa shape index (κ3) is 3.13. The van der Waals surface area contributed by atoms with Crippen molar-refractivity contribution < 1.29 is 9.59 Å². The van der Waals surface area contributed by atoms with Gasteiger partial charge in [0.25, 0.3) is 5.91 Å². The third-order valence-corrected chi connectivity index (χ3v) is 5.42. The predicted molar refractivity (Wildman–Crippen MR) is 103 cm³/mol. The zero-order valence-corrected chi connectivity index (χ0v) is 15.4. The van der Waals surface area contributed by atoms with Gasteiger partial charge in [0.2, 0.25) is 5.91 Å². The van der Waals surface area contributed by atoms with Crippen molar-refractivity contribution in [3.05, 3.63) is 57.6 Å². The first-order valence-electron chi connectivity index (χ1n) is 8.46. The summed E-state index contributed by atoms with van der Waals surface area (Å²) in [5.41, 5.74) is 2.94. The van der Waals surface area contributed by atoms with E-state index in [1.807, 2.05) is 6.07 Å². The molecule has 2 N–H and O–H groups in total. The number of benzene rings is 2. The Labute approximate surface area is 161 Å². The maximum atomic E-state index is 12.5. The molecular weight excluding hydrogens is 373 g/mol. The van der Waals surface area contributed by atoms with Gasteiger partial charge in [-0.15, -0.1) is 0 Å². The van der Waals surface area contributed by atoms with Gasteiger partial charge in [0.15, 0.2) is 0 Å². The minimum Gasteiger partial charge on any atom is -0.358 e. The highest BCUT2D eigenvalue weighted by Gasteiger charge is 2.36. The number of rotatable bonds is 3. The molecule has 1 atom stereocenters. The number of fused-ring (bicyclic) bond motifs is 3. The van der Waals surface area contributed by atoms with Gasteiger partial charge in [-0.25, -0.2) is 0 Å². The molecule has 4 rings (SSSR count). The van der Waals surface area contributed by atoms with Crippen molar-refractivity contribution in [1.82, 2.24) is 5.32 Å². The first-order chi connectivity index (χ1) is 12.5. The van der Waals surface area contributed by atoms with Crippen LogP contribution in [0.15, 0.2) is 36.4 Å². The van der Waals surface area contributed by atoms with Crippen molar-refractivity contribution >= 4 is 46.4 Å². The van der Waals surface area contributed by atoms with E-state index in [0.717, 1.165) is 30.6 Å². The summed E-state index contributed by atoms with van der Waals surface area (Å²) in [4.78, 5) is 26.8. The predicted octanol–water partition coefficient (Wildman–Crippen LogP) is 3.84. The maximum Gasteiger partial charge on any atom is 0.251 e. The van der Waals surface area contributed by atoms with Crippen molar-refractivity contribution in [2.45, 2.75) is 25.4 Å². The van der Waals surface area contributed by atoms with Gasteiger partial charge in [0.1, 0.15) is 6.04 Å². The van der Waals surface area contributed by atoms with Crippen LogP contribution >= 0.6 is 23.2 Å². The van der Waals surface area contributed by atoms with E-state index in [2.05, 4.69) is 15.5 Å². The lowest BCUT2D eigenvalue weighted by Gasteiger charge is -2.33. The van der Waals surface area contributed by atoms with E-state index in [0.29, 0.717) is 27.8 Å². The Morgan fingerprint density at radius 2 is 2.08 bits per heavy atom. The van der Waals surface area contributed by atoms with E-state index in [1.54, 1.807) is 30.3 Å². The molecule has 0 spiro atoms. The summed E-state index contributed by atoms with van der Waals surface area (Å²) in [6.07, 6.45) is 1.87. The Morgan fingerprint density at radius 1 is 1.23 bits per heavy atom. The molecule has 0 saturated carbocycles. The molecule has 2 aliphatic rings. The van der Waals surface area contributed by atoms with Gasteiger partial charge < -0.3 is 15.5 Å². The smallest absolute Gasteiger partial charge is 0.251 e. The molecule has 134 valence electrons. The molecule has 2 amide bonds. The monoisotopic (exact) mass is 389 g/mol. The van der Waals surface area contributed by atoms with Gasteiger partial charge in [-0.3, -0.25) is 9.59 Å². The maximum absolute atomic E-state index is 12.5. The number of amides is 2. The van der Waals surface area contributed by atoms with Crippen LogP contribution in [0, 0.1) is 0 Å². The van der Waals surface area contributed by atoms with Crippen LogP contribution in [0.5, 0.6) is 0 Å². The third-order valence-electron chi connectivity index (χ3n) is 4.84. The Bertz CT molecular complexity index is 900. The largest absolute Gasteiger partial charge is 0.358 e. The Hall–Kier alpha value is -2.24. The summed E-state index contributed by atoms with van der Waals surface area (Å²) in [6.45, 7) is 1.16. The molecule has 2 aromatic rings. The van der Waals surface area contributed by atoms with Crippen molar-refractivity contribution in [2.75, 3.05) is 16.8 Å². The molecule has 2 heterocycles. The van der Waals surface area contributed by atoms with Crippen LogP contribution in [0.1, 0.15) is 28.8 Å². The molecule has 7 heteroatoms. The van der Waals surface area contributed by atoms with Gasteiger partial charge in [0, 0.05) is 28.7 Å². The van der Waals surface area contributed by atoms with E-state index in [1.165, 1.54) is 0 Å². The van der Waals surface area contributed by atoms with Crippen molar-refractivity contribution in [3.8, 4) is 0 Å². The molecule has 5 nitrogen and oxygen atoms in total. The number of carbonyl (C=O) groups excluding carboxylic acids is 2. The number of anilines is 2. The summed E-state index contributed by atoms with van der Waals surface area (Å²) in [6, 6.07) is 10.5. The van der Waals surface area contributed by atoms with Crippen molar-refractivity contribution in [3.63, 3.8) is 0 Å². The second-order valence-electron chi connectivity index (χ2n) is 6.49. The fourth-order valence-electron chi connectivity index (χ4n) is 3.51. The second kappa shape index (κ2) is 6.82. The minimum absolute atomic E-state index is 0.000467. The van der Waals surface area contributed by atoms with E-state index in [-0.39, 0.29) is 17.9 Å². The van der Waals surface area contributed by atoms with Gasteiger partial charge in [-0.1, -0.05) is 29.3 Å². The number of hydrogen-bond acceptors (Lipinski definition) is 3. The molecule has 2 aliphatic heterocycles. The molecule has 1 fully saturated rings. The van der Waals surface area contributed by atoms with E-state index in [9.17, 15) is 9.59 Å². The highest BCUT2D eigenvalue weighted by molar-refractivity contribution is 6.35. The molecule has 26 heavy (non-hydrogen) atoms. The lowest BCUT2D eigenvalue weighted by molar-refractivity contribution is -0.117. The fraction of sp³-hybridized carbons (Fsp3) is 0.263. The normalized spacial score (nSPS) is 18.2. The lowest BCUT2D eigenvalue weighted by Crippen LogP contribution is -2.44. The first-order valence-corrected chi connectivity index (χ1v) is 9.22. The standard InChI is InChI=1S/C19H17Cl2N3O2/c20-13-5-3-12(14(21)9-13)10-22-18(25)11-4-6-16-15(8-11)23-19(26)17-2-1-7-24(16)17/h3-6,8-9,17H,1-2,7,10H2,(H,22,25)(H,23,26)/t17-/m0/s1. The van der Waals surface area contributed by atoms with Crippen LogP contribution in [0.2, 0.25) is 10.0 Å². The van der Waals surface area contributed by atoms with Crippen LogP contribution in [-0.2, 0) is 11.3 Å². The van der Waals surface area contributed by atoms with E-state index < -0.39 is 0 Å². The zero-order chi connectivity index (χ0) is 18.3. The number of carbonyl (C=O) groups is 2. The van der Waals surface area contributed by atoms with Crippen molar-refractivity contribution in [1.29, 1.82) is 0 Å². The Balaban J connectivity index is 1.50. The quantitative estimate of drug-likeness (QED) is 0.837. The van der Waals surface area contributed by atoms with Crippen LogP contribution < -0.4 is 15.5 Å². The Morgan fingerprint density at radius 3 is 2.88 bits per heavy atom. The minimum atomic E-state index is -0.225. The molecule has 2 aromatic carbocycles. The van der Waals surface area contributed by atoms with Gasteiger partial charge in [-0.2, -0.15) is 0 Å². The van der Waals surface area contributed by atoms with Crippen molar-refractivity contribution in [2.24, 2.45) is 0 Å². The number of nitrogens with one attached hydrogen (secondary N) is 2. The number of halogens is 2. The average molecular weight is 390 g/mol. The number of hydrogen-bond donors (Lipinski definition) is 2. The molecule has 1 saturated heterocycles. The molecule has 0 radical (unpaired) electrons. The van der Waals surface area contributed by atoms with Gasteiger partial charge in [-0.05, 0) is 48.7 Å². The molecule has 0 aliphatic carbocycles. The van der Waals surface area contributed by atoms with Gasteiger partial charge >= 0.3 is 0 Å². The molecule has 0 bridgehead atoms. The summed E-state index contributed by atoms with van der Waals surface area (Å²) >= 11 is 12.0. The number of nitrogens with zero attached hydrogens (tertiary/aromatic N) is 1. The van der Waals surface area contributed by atoms with E-state index >= 15 is 0 Å². The van der Waals surface area contributed by atoms with Crippen LogP contribution in [0.25, 0.3) is 0 Å². The topological polar surface area (TPSA) is 61.4 Å². The summed E-state index contributed by atoms with van der Waals surface area (Å²) in [7, 11) is 0. The molecule has 0 unspecified atom stereocenters. The van der Waals surface area contributed by atoms with Gasteiger partial charge in [0.05, 0.1) is 11.4 Å². The highest BCUT2D eigenvalue weighted by atomic mass is 35.5. The first kappa shape index (κ1) is 17.2. The highest BCUT2D eigenvalue weighted by Crippen LogP contribution is 2.37. The molecular formula is C19H17Cl2N3O2. The van der Waals surface area contributed by atoms with Crippen LogP contribution in [-0.4, -0.2) is 24.4 Å². The second-order valence-corrected chi connectivity index (χ2v) is 7.33.